The Morgan fingerprint density at radius 2 is 1.80 bits per heavy atom. The van der Waals surface area contributed by atoms with E-state index in [4.69, 9.17) is 15.6 Å². The topological polar surface area (TPSA) is 98.1 Å². The van der Waals surface area contributed by atoms with E-state index in [9.17, 15) is 9.59 Å². The van der Waals surface area contributed by atoms with E-state index in [-0.39, 0.29) is 23.4 Å². The number of methoxy groups -OCH3 is 1. The van der Waals surface area contributed by atoms with Gasteiger partial charge < -0.3 is 24.8 Å². The second-order valence-corrected chi connectivity index (χ2v) is 14.1. The molecule has 0 unspecified atom stereocenters. The fourth-order valence-corrected chi connectivity index (χ4v) is 7.50. The third-order valence-electron chi connectivity index (χ3n) is 10.5. The molecule has 2 aliphatic heterocycles. The number of hydrogen-bond donors (Lipinski definition) is 1. The first-order valence-corrected chi connectivity index (χ1v) is 16.8. The summed E-state index contributed by atoms with van der Waals surface area (Å²) in [6.45, 7) is 8.93. The number of carbonyl (C=O) groups is 2. The standard InChI is InChI=1S/C36H45FN6O3/c1-22-31(39-43-20-26(17-29(37)32(22)43)34(44)41-14-6-8-27(38)21-41)30-18-25-7-5-9-28(33(25)42(30)19-23-10-11-23)24-12-15-40(16-13-24)35(45)36(2,3)46-4/h5,7,9,17-18,20,23-24,27H,6,8,10-16,19,21,38H2,1-4H3/t27-/m1/s1. The molecule has 46 heavy (non-hydrogen) atoms. The molecule has 0 spiro atoms. The molecule has 2 saturated heterocycles. The van der Waals surface area contributed by atoms with Gasteiger partial charge in [0.15, 0.2) is 0 Å². The molecule has 4 aromatic rings. The molecule has 3 fully saturated rings. The van der Waals surface area contributed by atoms with Crippen molar-refractivity contribution in [1.29, 1.82) is 0 Å². The first kappa shape index (κ1) is 30.9. The van der Waals surface area contributed by atoms with Crippen LogP contribution in [0.1, 0.15) is 79.8 Å². The number of likely N-dealkylation sites (tertiary alicyclic amines) is 2. The second-order valence-electron chi connectivity index (χ2n) is 14.1. The quantitative estimate of drug-likeness (QED) is 0.291. The van der Waals surface area contributed by atoms with Crippen LogP contribution >= 0.6 is 0 Å². The maximum atomic E-state index is 15.8. The molecule has 0 radical (unpaired) electrons. The third kappa shape index (κ3) is 5.49. The molecular formula is C36H45FN6O3. The predicted octanol–water partition coefficient (Wildman–Crippen LogP) is 5.51. The number of fused-ring (bicyclic) bond motifs is 2. The Morgan fingerprint density at radius 3 is 2.50 bits per heavy atom. The second kappa shape index (κ2) is 11.8. The van der Waals surface area contributed by atoms with Gasteiger partial charge in [0, 0.05) is 63.0 Å². The van der Waals surface area contributed by atoms with E-state index < -0.39 is 11.4 Å². The van der Waals surface area contributed by atoms with Crippen molar-refractivity contribution in [3.63, 3.8) is 0 Å². The number of pyridine rings is 1. The van der Waals surface area contributed by atoms with Crippen LogP contribution in [0.15, 0.2) is 36.5 Å². The Kier molecular flexibility index (Phi) is 7.92. The summed E-state index contributed by atoms with van der Waals surface area (Å²) in [7, 11) is 1.58. The van der Waals surface area contributed by atoms with Crippen LogP contribution in [0.25, 0.3) is 27.8 Å². The van der Waals surface area contributed by atoms with Crippen molar-refractivity contribution in [3.8, 4) is 11.4 Å². The van der Waals surface area contributed by atoms with Crippen LogP contribution in [0.2, 0.25) is 0 Å². The Bertz CT molecular complexity index is 1810. The van der Waals surface area contributed by atoms with E-state index in [0.717, 1.165) is 54.6 Å². The van der Waals surface area contributed by atoms with Gasteiger partial charge in [-0.3, -0.25) is 9.59 Å². The Labute approximate surface area is 269 Å². The Morgan fingerprint density at radius 1 is 1.04 bits per heavy atom. The SMILES string of the molecule is COC(C)(C)C(=O)N1CCC(c2cccc3cc(-c4nn5cc(C(=O)N6CCC[C@@H](N)C6)cc(F)c5c4C)n(CC4CC4)c23)CC1. The van der Waals surface area contributed by atoms with Crippen molar-refractivity contribution in [3.05, 3.63) is 59.0 Å². The number of para-hydroxylation sites is 1. The van der Waals surface area contributed by atoms with Gasteiger partial charge in [0.05, 0.1) is 16.8 Å². The maximum Gasteiger partial charge on any atom is 0.255 e. The summed E-state index contributed by atoms with van der Waals surface area (Å²) in [6.07, 6.45) is 7.55. The summed E-state index contributed by atoms with van der Waals surface area (Å²) >= 11 is 0. The zero-order chi connectivity index (χ0) is 32.3. The van der Waals surface area contributed by atoms with E-state index in [1.807, 2.05) is 25.7 Å². The molecule has 0 bridgehead atoms. The molecule has 3 aromatic heterocycles. The van der Waals surface area contributed by atoms with Gasteiger partial charge in [-0.25, -0.2) is 8.91 Å². The molecule has 244 valence electrons. The van der Waals surface area contributed by atoms with Gasteiger partial charge in [0.1, 0.15) is 22.6 Å². The predicted molar refractivity (Wildman–Crippen MR) is 176 cm³/mol. The van der Waals surface area contributed by atoms with Crippen LogP contribution < -0.4 is 5.73 Å². The van der Waals surface area contributed by atoms with Crippen LogP contribution in [0.4, 0.5) is 4.39 Å². The molecule has 1 saturated carbocycles. The number of amides is 2. The minimum Gasteiger partial charge on any atom is -0.369 e. The number of nitrogens with zero attached hydrogens (tertiary/aromatic N) is 5. The Hall–Kier alpha value is -3.76. The minimum atomic E-state index is -0.832. The average Bonchev–Trinajstić information content (AvgIpc) is 3.72. The van der Waals surface area contributed by atoms with Gasteiger partial charge >= 0.3 is 0 Å². The average molecular weight is 629 g/mol. The van der Waals surface area contributed by atoms with Crippen molar-refractivity contribution in [1.82, 2.24) is 24.0 Å². The molecule has 2 N–H and O–H groups in total. The molecular weight excluding hydrogens is 583 g/mol. The summed E-state index contributed by atoms with van der Waals surface area (Å²) in [5.74, 6) is 0.288. The smallest absolute Gasteiger partial charge is 0.255 e. The highest BCUT2D eigenvalue weighted by Gasteiger charge is 2.35. The number of ether oxygens (including phenoxy) is 1. The molecule has 1 atom stereocenters. The van der Waals surface area contributed by atoms with Gasteiger partial charge in [-0.1, -0.05) is 18.2 Å². The lowest BCUT2D eigenvalue weighted by Crippen LogP contribution is -2.49. The van der Waals surface area contributed by atoms with Crippen molar-refractivity contribution < 1.29 is 18.7 Å². The maximum absolute atomic E-state index is 15.8. The molecule has 7 rings (SSSR count). The number of nitrogens with two attached hydrogens (primary N) is 1. The summed E-state index contributed by atoms with van der Waals surface area (Å²) in [5, 5.41) is 6.08. The fraction of sp³-hybridized carbons (Fsp3) is 0.528. The van der Waals surface area contributed by atoms with Crippen LogP contribution in [-0.4, -0.2) is 80.7 Å². The number of benzene rings is 1. The van der Waals surface area contributed by atoms with Gasteiger partial charge in [-0.05, 0) is 88.8 Å². The van der Waals surface area contributed by atoms with Crippen molar-refractivity contribution in [2.45, 2.75) is 83.4 Å². The van der Waals surface area contributed by atoms with E-state index >= 15 is 4.39 Å². The lowest BCUT2D eigenvalue weighted by atomic mass is 9.87. The number of halogens is 1. The molecule has 2 amide bonds. The number of piperidine rings is 2. The lowest BCUT2D eigenvalue weighted by Gasteiger charge is -2.36. The molecule has 1 aliphatic carbocycles. The van der Waals surface area contributed by atoms with E-state index in [2.05, 4.69) is 28.8 Å². The van der Waals surface area contributed by atoms with E-state index in [1.54, 1.807) is 22.7 Å². The van der Waals surface area contributed by atoms with Crippen LogP contribution in [0, 0.1) is 18.7 Å². The van der Waals surface area contributed by atoms with Crippen LogP contribution in [-0.2, 0) is 16.1 Å². The van der Waals surface area contributed by atoms with Gasteiger partial charge in [-0.15, -0.1) is 0 Å². The number of aryl methyl sites for hydroxylation is 1. The molecule has 3 aliphatic rings. The number of rotatable bonds is 7. The monoisotopic (exact) mass is 628 g/mol. The van der Waals surface area contributed by atoms with Crippen LogP contribution in [0.5, 0.6) is 0 Å². The first-order valence-electron chi connectivity index (χ1n) is 16.8. The zero-order valence-corrected chi connectivity index (χ0v) is 27.4. The Balaban J connectivity index is 1.25. The van der Waals surface area contributed by atoms with Crippen LogP contribution in [0.3, 0.4) is 0 Å². The highest BCUT2D eigenvalue weighted by molar-refractivity contribution is 5.95. The van der Waals surface area contributed by atoms with Gasteiger partial charge in [0.2, 0.25) is 0 Å². The highest BCUT2D eigenvalue weighted by atomic mass is 19.1. The third-order valence-corrected chi connectivity index (χ3v) is 10.5. The number of hydrogen-bond acceptors (Lipinski definition) is 5. The van der Waals surface area contributed by atoms with Crippen molar-refractivity contribution >= 4 is 28.2 Å². The summed E-state index contributed by atoms with van der Waals surface area (Å²) in [5.41, 5.74) is 10.9. The van der Waals surface area contributed by atoms with Crippen molar-refractivity contribution in [2.75, 3.05) is 33.3 Å². The number of carbonyl (C=O) groups excluding carboxylic acids is 2. The largest absolute Gasteiger partial charge is 0.369 e. The van der Waals surface area contributed by atoms with Crippen molar-refractivity contribution in [2.24, 2.45) is 11.7 Å². The summed E-state index contributed by atoms with van der Waals surface area (Å²) in [6, 6.07) is 9.98. The highest BCUT2D eigenvalue weighted by Crippen LogP contribution is 2.41. The summed E-state index contributed by atoms with van der Waals surface area (Å²) in [4.78, 5) is 30.1. The number of aromatic nitrogens is 3. The first-order chi connectivity index (χ1) is 22.1. The fourth-order valence-electron chi connectivity index (χ4n) is 7.50. The van der Waals surface area contributed by atoms with Gasteiger partial charge in [0.25, 0.3) is 11.8 Å². The van der Waals surface area contributed by atoms with E-state index in [0.29, 0.717) is 43.5 Å². The molecule has 1 aromatic carbocycles. The minimum absolute atomic E-state index is 0.0324. The normalized spacial score (nSPS) is 19.8. The van der Waals surface area contributed by atoms with E-state index in [1.165, 1.54) is 30.0 Å². The zero-order valence-electron chi connectivity index (χ0n) is 27.4. The van der Waals surface area contributed by atoms with Gasteiger partial charge in [-0.2, -0.15) is 5.10 Å². The lowest BCUT2D eigenvalue weighted by molar-refractivity contribution is -0.152. The summed E-state index contributed by atoms with van der Waals surface area (Å²) < 4.78 is 25.2. The molecule has 10 heteroatoms. The molecule has 9 nitrogen and oxygen atoms in total. The molecule has 5 heterocycles.